The Morgan fingerprint density at radius 2 is 1.89 bits per heavy atom. The lowest BCUT2D eigenvalue weighted by Crippen LogP contribution is -2.41. The molecule has 0 saturated carbocycles. The number of amidine groups is 1. The van der Waals surface area contributed by atoms with Crippen molar-refractivity contribution < 1.29 is 36.6 Å². The molecule has 2 aromatic rings. The van der Waals surface area contributed by atoms with Gasteiger partial charge < -0.3 is 9.47 Å². The maximum Gasteiger partial charge on any atom is 0.431 e. The highest BCUT2D eigenvalue weighted by molar-refractivity contribution is 8.15. The molecule has 1 saturated heterocycles. The number of aliphatic imine (C=N–C) groups is 1. The number of aromatic nitrogens is 2. The van der Waals surface area contributed by atoms with Crippen molar-refractivity contribution in [1.82, 2.24) is 14.0 Å². The van der Waals surface area contributed by atoms with Gasteiger partial charge in [-0.2, -0.15) is 13.2 Å². The third-order valence-corrected chi connectivity index (χ3v) is 6.46. The lowest BCUT2D eigenvalue weighted by atomic mass is 10.2. The minimum absolute atomic E-state index is 0.0266. The van der Waals surface area contributed by atoms with Crippen molar-refractivity contribution in [2.24, 2.45) is 12.0 Å². The van der Waals surface area contributed by atoms with Crippen molar-refractivity contribution in [2.45, 2.75) is 18.3 Å². The standard InChI is InChI=1S/C21H19ClF4N4O6S/c1-4-36-17(32)8-29-18(33)14(9-35-3)37-19(29)27-12-6-13(11(23)5-10(12)22)30-16(31)7-15(21(24,25)26)28(2)20(30)34/h5-7,14H,4,8-9H2,1-3H3. The molecule has 2 heterocycles. The highest BCUT2D eigenvalue weighted by atomic mass is 35.5. The molecule has 1 aromatic heterocycles. The molecule has 0 N–H and O–H groups in total. The van der Waals surface area contributed by atoms with Gasteiger partial charge in [-0.15, -0.1) is 0 Å². The summed E-state index contributed by atoms with van der Waals surface area (Å²) >= 11 is 7.02. The van der Waals surface area contributed by atoms with E-state index in [2.05, 4.69) is 4.99 Å². The summed E-state index contributed by atoms with van der Waals surface area (Å²) in [5.41, 5.74) is -5.37. The van der Waals surface area contributed by atoms with E-state index in [-0.39, 0.29) is 44.3 Å². The first-order valence-electron chi connectivity index (χ1n) is 10.4. The molecule has 1 aliphatic heterocycles. The fraction of sp³-hybridized carbons (Fsp3) is 0.381. The number of thioether (sulfide) groups is 1. The number of esters is 1. The van der Waals surface area contributed by atoms with Gasteiger partial charge in [0.1, 0.15) is 23.3 Å². The molecule has 1 amide bonds. The van der Waals surface area contributed by atoms with Crippen molar-refractivity contribution in [1.29, 1.82) is 0 Å². The number of ether oxygens (including phenoxy) is 2. The number of methoxy groups -OCH3 is 1. The Morgan fingerprint density at radius 3 is 2.49 bits per heavy atom. The van der Waals surface area contributed by atoms with Gasteiger partial charge in [0.05, 0.1) is 29.6 Å². The number of hydrogen-bond donors (Lipinski definition) is 0. The summed E-state index contributed by atoms with van der Waals surface area (Å²) in [6.07, 6.45) is -5.00. The molecular formula is C21H19ClF4N4O6S. The fourth-order valence-corrected chi connectivity index (χ4v) is 4.65. The van der Waals surface area contributed by atoms with Gasteiger partial charge in [-0.05, 0) is 19.1 Å². The molecule has 10 nitrogen and oxygen atoms in total. The number of amides is 1. The van der Waals surface area contributed by atoms with Crippen LogP contribution in [-0.2, 0) is 32.3 Å². The van der Waals surface area contributed by atoms with Crippen molar-refractivity contribution in [3.8, 4) is 5.69 Å². The van der Waals surface area contributed by atoms with Gasteiger partial charge in [-0.3, -0.25) is 23.9 Å². The van der Waals surface area contributed by atoms with Crippen LogP contribution in [0, 0.1) is 5.82 Å². The van der Waals surface area contributed by atoms with Crippen LogP contribution in [0.3, 0.4) is 0 Å². The van der Waals surface area contributed by atoms with E-state index in [4.69, 9.17) is 21.1 Å². The summed E-state index contributed by atoms with van der Waals surface area (Å²) in [5, 5.41) is -1.11. The van der Waals surface area contributed by atoms with E-state index in [0.29, 0.717) is 6.07 Å². The number of carbonyl (C=O) groups excluding carboxylic acids is 2. The Labute approximate surface area is 215 Å². The van der Waals surface area contributed by atoms with E-state index in [9.17, 15) is 36.7 Å². The molecule has 16 heteroatoms. The van der Waals surface area contributed by atoms with Crippen LogP contribution in [0.1, 0.15) is 12.6 Å². The van der Waals surface area contributed by atoms with Crippen molar-refractivity contribution in [3.05, 3.63) is 55.6 Å². The smallest absolute Gasteiger partial charge is 0.431 e. The number of hydrogen-bond acceptors (Lipinski definition) is 8. The normalized spacial score (nSPS) is 17.1. The van der Waals surface area contributed by atoms with E-state index in [1.807, 2.05) is 0 Å². The predicted molar refractivity (Wildman–Crippen MR) is 126 cm³/mol. The molecule has 0 aliphatic carbocycles. The zero-order chi connectivity index (χ0) is 27.7. The van der Waals surface area contributed by atoms with E-state index in [1.165, 1.54) is 7.11 Å². The zero-order valence-electron chi connectivity index (χ0n) is 19.5. The minimum Gasteiger partial charge on any atom is -0.465 e. The van der Waals surface area contributed by atoms with Crippen LogP contribution in [-0.4, -0.2) is 63.2 Å². The second-order valence-electron chi connectivity index (χ2n) is 7.48. The van der Waals surface area contributed by atoms with Gasteiger partial charge in [-0.25, -0.2) is 18.7 Å². The Bertz CT molecular complexity index is 1390. The second kappa shape index (κ2) is 11.1. The highest BCUT2D eigenvalue weighted by Crippen LogP contribution is 2.35. The Kier molecular flexibility index (Phi) is 8.49. The third-order valence-electron chi connectivity index (χ3n) is 5.01. The first kappa shape index (κ1) is 28.4. The molecule has 1 fully saturated rings. The van der Waals surface area contributed by atoms with Crippen molar-refractivity contribution in [3.63, 3.8) is 0 Å². The summed E-state index contributed by atoms with van der Waals surface area (Å²) in [6, 6.07) is 1.74. The molecule has 1 aliphatic rings. The number of alkyl halides is 3. The quantitative estimate of drug-likeness (QED) is 0.374. The maximum atomic E-state index is 14.8. The number of nitrogens with zero attached hydrogens (tertiary/aromatic N) is 4. The first-order valence-corrected chi connectivity index (χ1v) is 11.7. The molecule has 1 aromatic carbocycles. The van der Waals surface area contributed by atoms with Crippen LogP contribution in [0.4, 0.5) is 23.2 Å². The summed E-state index contributed by atoms with van der Waals surface area (Å²) in [6.45, 7) is 1.12. The fourth-order valence-electron chi connectivity index (χ4n) is 3.34. The predicted octanol–water partition coefficient (Wildman–Crippen LogP) is 2.49. The Hall–Kier alpha value is -3.17. The van der Waals surface area contributed by atoms with Crippen LogP contribution in [0.25, 0.3) is 5.69 Å². The molecule has 37 heavy (non-hydrogen) atoms. The van der Waals surface area contributed by atoms with E-state index < -0.39 is 58.3 Å². The largest absolute Gasteiger partial charge is 0.465 e. The highest BCUT2D eigenvalue weighted by Gasteiger charge is 2.39. The Balaban J connectivity index is 2.15. The van der Waals surface area contributed by atoms with Crippen LogP contribution < -0.4 is 11.2 Å². The molecule has 1 atom stereocenters. The average Bonchev–Trinajstić information content (AvgIpc) is 3.07. The lowest BCUT2D eigenvalue weighted by molar-refractivity contribution is -0.146. The molecule has 1 unspecified atom stereocenters. The summed E-state index contributed by atoms with van der Waals surface area (Å²) < 4.78 is 64.5. The molecule has 3 rings (SSSR count). The zero-order valence-corrected chi connectivity index (χ0v) is 21.0. The summed E-state index contributed by atoms with van der Waals surface area (Å²) in [5.74, 6) is -2.44. The summed E-state index contributed by atoms with van der Waals surface area (Å²) in [7, 11) is 2.14. The van der Waals surface area contributed by atoms with Gasteiger partial charge in [-0.1, -0.05) is 23.4 Å². The Morgan fingerprint density at radius 1 is 1.22 bits per heavy atom. The second-order valence-corrected chi connectivity index (χ2v) is 9.06. The van der Waals surface area contributed by atoms with Crippen molar-refractivity contribution in [2.75, 3.05) is 26.9 Å². The average molecular weight is 567 g/mol. The summed E-state index contributed by atoms with van der Waals surface area (Å²) in [4.78, 5) is 55.1. The molecule has 0 radical (unpaired) electrons. The van der Waals surface area contributed by atoms with Crippen LogP contribution in [0.15, 0.2) is 32.8 Å². The molecule has 200 valence electrons. The van der Waals surface area contributed by atoms with Crippen LogP contribution in [0.2, 0.25) is 5.02 Å². The molecule has 0 spiro atoms. The molecule has 0 bridgehead atoms. The van der Waals surface area contributed by atoms with Gasteiger partial charge in [0.25, 0.3) is 5.56 Å². The topological polar surface area (TPSA) is 112 Å². The van der Waals surface area contributed by atoms with Gasteiger partial charge in [0.15, 0.2) is 5.17 Å². The number of benzene rings is 1. The maximum absolute atomic E-state index is 14.8. The lowest BCUT2D eigenvalue weighted by Gasteiger charge is -2.16. The van der Waals surface area contributed by atoms with Crippen LogP contribution >= 0.6 is 23.4 Å². The molecular weight excluding hydrogens is 548 g/mol. The van der Waals surface area contributed by atoms with E-state index >= 15 is 0 Å². The van der Waals surface area contributed by atoms with E-state index in [1.54, 1.807) is 6.92 Å². The van der Waals surface area contributed by atoms with Crippen LogP contribution in [0.5, 0.6) is 0 Å². The van der Waals surface area contributed by atoms with Crippen molar-refractivity contribution >= 4 is 46.1 Å². The van der Waals surface area contributed by atoms with Gasteiger partial charge in [0, 0.05) is 20.2 Å². The number of halogens is 5. The van der Waals surface area contributed by atoms with Gasteiger partial charge >= 0.3 is 17.8 Å². The SMILES string of the molecule is CCOC(=O)CN1C(=O)C(COC)SC1=Nc1cc(-n2c(=O)cc(C(F)(F)F)n(C)c2=O)c(F)cc1Cl. The number of rotatable bonds is 7. The monoisotopic (exact) mass is 566 g/mol. The number of carbonyl (C=O) groups is 2. The minimum atomic E-state index is -5.00. The van der Waals surface area contributed by atoms with E-state index in [0.717, 1.165) is 29.8 Å². The van der Waals surface area contributed by atoms with Gasteiger partial charge in [0.2, 0.25) is 5.91 Å². The third kappa shape index (κ3) is 5.88. The first-order chi connectivity index (χ1) is 17.3.